The van der Waals surface area contributed by atoms with Crippen molar-refractivity contribution < 1.29 is 23.8 Å². The number of rotatable bonds is 8. The molecule has 0 atom stereocenters. The molecule has 0 bridgehead atoms. The van der Waals surface area contributed by atoms with Crippen molar-refractivity contribution in [3.8, 4) is 11.5 Å². The fourth-order valence-corrected chi connectivity index (χ4v) is 5.69. The number of nitrogens with zero attached hydrogens (tertiary/aromatic N) is 1. The van der Waals surface area contributed by atoms with Gasteiger partial charge >= 0.3 is 0 Å². The second-order valence-corrected chi connectivity index (χ2v) is 13.0. The number of nitrogen functional groups attached to an aromatic ring is 1. The van der Waals surface area contributed by atoms with E-state index >= 15 is 0 Å². The van der Waals surface area contributed by atoms with Crippen LogP contribution in [-0.4, -0.2) is 61.1 Å². The molecular formula is C33H43N3O5. The van der Waals surface area contributed by atoms with Gasteiger partial charge in [-0.15, -0.1) is 0 Å². The Labute approximate surface area is 243 Å². The summed E-state index contributed by atoms with van der Waals surface area (Å²) in [6.45, 7) is 17.4. The number of hydrogen-bond donors (Lipinski definition) is 2. The smallest absolute Gasteiger partial charge is 0.296 e. The van der Waals surface area contributed by atoms with E-state index < -0.39 is 11.7 Å². The van der Waals surface area contributed by atoms with Crippen LogP contribution in [0.1, 0.15) is 64.4 Å². The molecule has 220 valence electrons. The molecule has 8 heteroatoms. The summed E-state index contributed by atoms with van der Waals surface area (Å²) in [4.78, 5) is 29.0. The number of ether oxygens (including phenoxy) is 3. The van der Waals surface area contributed by atoms with Crippen molar-refractivity contribution in [1.82, 2.24) is 4.90 Å². The molecule has 0 radical (unpaired) electrons. The summed E-state index contributed by atoms with van der Waals surface area (Å²) in [6, 6.07) is 14.5. The maximum atomic E-state index is 13.4. The van der Waals surface area contributed by atoms with E-state index in [4.69, 9.17) is 19.9 Å². The molecule has 1 aliphatic rings. The van der Waals surface area contributed by atoms with Crippen LogP contribution in [0.5, 0.6) is 11.5 Å². The summed E-state index contributed by atoms with van der Waals surface area (Å²) >= 11 is 0. The molecule has 3 aromatic rings. The predicted molar refractivity (Wildman–Crippen MR) is 164 cm³/mol. The Kier molecular flexibility index (Phi) is 8.39. The number of nitrogens with one attached hydrogen (secondary N) is 1. The first-order chi connectivity index (χ1) is 19.1. The molecule has 1 saturated heterocycles. The normalized spacial score (nSPS) is 16.8. The molecule has 0 spiro atoms. The van der Waals surface area contributed by atoms with Crippen LogP contribution >= 0.6 is 0 Å². The number of nitrogens with two attached hydrogens (primary N) is 1. The number of ketones is 1. The predicted octanol–water partition coefficient (Wildman–Crippen LogP) is 5.82. The summed E-state index contributed by atoms with van der Waals surface area (Å²) in [5, 5.41) is 4.15. The lowest BCUT2D eigenvalue weighted by Crippen LogP contribution is -2.57. The van der Waals surface area contributed by atoms with Gasteiger partial charge in [0.15, 0.2) is 5.75 Å². The molecule has 3 aromatic carbocycles. The van der Waals surface area contributed by atoms with Crippen LogP contribution in [0, 0.1) is 0 Å². The standard InChI is InChI=1S/C33H43N3O5/c1-31(2,3)21-17-25(34)29(39-8)26(18-21)35-30(38)28(37)24-13-14-27(23-12-10-9-11-22(23)24)40-16-15-36-19-32(4,5)41-33(6,7)20-36/h9-14,17-18H,15-16,19-20,34H2,1-8H3,(H,35,38). The SMILES string of the molecule is COc1c(N)cc(C(C)(C)C)cc1NC(=O)C(=O)c1ccc(OCCN2CC(C)(C)OC(C)(C)C2)c2ccccc12. The van der Waals surface area contributed by atoms with Gasteiger partial charge in [-0.1, -0.05) is 45.0 Å². The van der Waals surface area contributed by atoms with Gasteiger partial charge in [0.05, 0.1) is 29.7 Å². The van der Waals surface area contributed by atoms with Crippen molar-refractivity contribution in [2.45, 2.75) is 65.1 Å². The van der Waals surface area contributed by atoms with Crippen molar-refractivity contribution in [3.05, 3.63) is 59.7 Å². The number of benzene rings is 3. The van der Waals surface area contributed by atoms with E-state index in [-0.39, 0.29) is 16.6 Å². The molecule has 0 aliphatic carbocycles. The molecule has 1 fully saturated rings. The Balaban J connectivity index is 1.53. The first-order valence-electron chi connectivity index (χ1n) is 14.0. The zero-order valence-electron chi connectivity index (χ0n) is 25.5. The number of fused-ring (bicyclic) bond motifs is 1. The zero-order valence-corrected chi connectivity index (χ0v) is 25.5. The van der Waals surface area contributed by atoms with Gasteiger partial charge in [0.1, 0.15) is 12.4 Å². The Hall–Kier alpha value is -3.62. The van der Waals surface area contributed by atoms with Crippen LogP contribution in [0.4, 0.5) is 11.4 Å². The largest absolute Gasteiger partial charge is 0.492 e. The van der Waals surface area contributed by atoms with Gasteiger partial charge in [-0.2, -0.15) is 0 Å². The fraction of sp³-hybridized carbons (Fsp3) is 0.455. The van der Waals surface area contributed by atoms with Gasteiger partial charge in [-0.25, -0.2) is 0 Å². The molecule has 3 N–H and O–H groups in total. The third-order valence-corrected chi connectivity index (χ3v) is 7.20. The Bertz CT molecular complexity index is 1440. The lowest BCUT2D eigenvalue weighted by Gasteiger charge is -2.47. The average Bonchev–Trinajstić information content (AvgIpc) is 2.86. The van der Waals surface area contributed by atoms with Crippen molar-refractivity contribution in [3.63, 3.8) is 0 Å². The molecule has 0 aromatic heterocycles. The van der Waals surface area contributed by atoms with Gasteiger partial charge in [-0.3, -0.25) is 14.5 Å². The first-order valence-corrected chi connectivity index (χ1v) is 14.0. The van der Waals surface area contributed by atoms with Gasteiger partial charge in [0.2, 0.25) is 0 Å². The molecule has 1 amide bonds. The summed E-state index contributed by atoms with van der Waals surface area (Å²) in [5.74, 6) is -0.450. The highest BCUT2D eigenvalue weighted by Crippen LogP contribution is 2.37. The van der Waals surface area contributed by atoms with E-state index in [2.05, 4.69) is 37.9 Å². The topological polar surface area (TPSA) is 103 Å². The van der Waals surface area contributed by atoms with Crippen molar-refractivity contribution >= 4 is 33.8 Å². The number of Topliss-reactive ketones (excluding diaryl/α,β-unsaturated/α-hetero) is 1. The van der Waals surface area contributed by atoms with Crippen LogP contribution < -0.4 is 20.5 Å². The first kappa shape index (κ1) is 30.3. The van der Waals surface area contributed by atoms with Crippen LogP contribution in [-0.2, 0) is 14.9 Å². The summed E-state index contributed by atoms with van der Waals surface area (Å²) in [7, 11) is 1.48. The number of carbonyl (C=O) groups is 2. The van der Waals surface area contributed by atoms with Crippen LogP contribution in [0.25, 0.3) is 10.8 Å². The zero-order chi connectivity index (χ0) is 30.2. The van der Waals surface area contributed by atoms with Crippen molar-refractivity contribution in [1.29, 1.82) is 0 Å². The summed E-state index contributed by atoms with van der Waals surface area (Å²) in [6.07, 6.45) is 0. The Morgan fingerprint density at radius 2 is 1.63 bits per heavy atom. The Morgan fingerprint density at radius 1 is 1.00 bits per heavy atom. The number of methoxy groups -OCH3 is 1. The third kappa shape index (κ3) is 7.00. The second kappa shape index (κ2) is 11.3. The maximum Gasteiger partial charge on any atom is 0.296 e. The van der Waals surface area contributed by atoms with E-state index in [1.807, 2.05) is 51.1 Å². The Morgan fingerprint density at radius 3 is 2.24 bits per heavy atom. The lowest BCUT2D eigenvalue weighted by atomic mass is 9.86. The van der Waals surface area contributed by atoms with Gasteiger partial charge in [0, 0.05) is 30.6 Å². The second-order valence-electron chi connectivity index (χ2n) is 13.0. The maximum absolute atomic E-state index is 13.4. The van der Waals surface area contributed by atoms with Crippen LogP contribution in [0.3, 0.4) is 0 Å². The molecule has 8 nitrogen and oxygen atoms in total. The van der Waals surface area contributed by atoms with E-state index in [9.17, 15) is 9.59 Å². The molecule has 41 heavy (non-hydrogen) atoms. The van der Waals surface area contributed by atoms with E-state index in [1.54, 1.807) is 18.2 Å². The van der Waals surface area contributed by atoms with E-state index in [1.165, 1.54) is 7.11 Å². The monoisotopic (exact) mass is 561 g/mol. The summed E-state index contributed by atoms with van der Waals surface area (Å²) < 4.78 is 17.8. The average molecular weight is 562 g/mol. The van der Waals surface area contributed by atoms with Crippen molar-refractivity contribution in [2.24, 2.45) is 0 Å². The highest BCUT2D eigenvalue weighted by Gasteiger charge is 2.37. The molecule has 1 heterocycles. The molecular weight excluding hydrogens is 518 g/mol. The number of carbonyl (C=O) groups excluding carboxylic acids is 2. The molecule has 1 aliphatic heterocycles. The third-order valence-electron chi connectivity index (χ3n) is 7.20. The van der Waals surface area contributed by atoms with Crippen LogP contribution in [0.15, 0.2) is 48.5 Å². The highest BCUT2D eigenvalue weighted by molar-refractivity contribution is 6.48. The minimum Gasteiger partial charge on any atom is -0.492 e. The minimum absolute atomic E-state index is 0.218. The molecule has 0 saturated carbocycles. The van der Waals surface area contributed by atoms with Gasteiger partial charge in [0.25, 0.3) is 11.7 Å². The summed E-state index contributed by atoms with van der Waals surface area (Å²) in [5.41, 5.74) is 7.47. The van der Waals surface area contributed by atoms with E-state index in [0.717, 1.165) is 30.6 Å². The number of morpholine rings is 1. The quantitative estimate of drug-likeness (QED) is 0.203. The molecule has 4 rings (SSSR count). The van der Waals surface area contributed by atoms with Gasteiger partial charge in [-0.05, 0) is 68.3 Å². The molecule has 0 unspecified atom stereocenters. The van der Waals surface area contributed by atoms with Crippen molar-refractivity contribution in [2.75, 3.05) is 44.4 Å². The number of anilines is 2. The number of hydrogen-bond acceptors (Lipinski definition) is 7. The van der Waals surface area contributed by atoms with E-state index in [0.29, 0.717) is 40.4 Å². The van der Waals surface area contributed by atoms with Crippen LogP contribution in [0.2, 0.25) is 0 Å². The fourth-order valence-electron chi connectivity index (χ4n) is 5.69. The number of amides is 1. The highest BCUT2D eigenvalue weighted by atomic mass is 16.5. The lowest BCUT2D eigenvalue weighted by molar-refractivity contribution is -0.181. The minimum atomic E-state index is -0.773. The van der Waals surface area contributed by atoms with Gasteiger partial charge < -0.3 is 25.3 Å².